The third-order valence-corrected chi connectivity index (χ3v) is 5.70. The van der Waals surface area contributed by atoms with Crippen LogP contribution in [0, 0.1) is 0 Å². The van der Waals surface area contributed by atoms with Crippen molar-refractivity contribution in [1.29, 1.82) is 0 Å². The van der Waals surface area contributed by atoms with Crippen LogP contribution in [-0.4, -0.2) is 26.0 Å². The maximum atomic E-state index is 13.4. The summed E-state index contributed by atoms with van der Waals surface area (Å²) in [6, 6.07) is 16.0. The molecule has 4 aromatic rings. The summed E-state index contributed by atoms with van der Waals surface area (Å²) < 4.78 is 1.61. The molecule has 0 aliphatic carbocycles. The number of anilines is 1. The lowest BCUT2D eigenvalue weighted by Crippen LogP contribution is -2.22. The molecule has 2 heterocycles. The number of aromatic nitrogens is 4. The van der Waals surface area contributed by atoms with Gasteiger partial charge in [-0.3, -0.25) is 14.5 Å². The SMILES string of the molecule is CSc1ccc(-c2nc3n[nH]c(N)c3c(=O)n2-c2ccc(C(C)(C)C)cc2)cc1. The van der Waals surface area contributed by atoms with Crippen LogP contribution in [0.2, 0.25) is 0 Å². The van der Waals surface area contributed by atoms with Gasteiger partial charge in [0.15, 0.2) is 5.65 Å². The summed E-state index contributed by atoms with van der Waals surface area (Å²) in [5, 5.41) is 7.07. The Labute approximate surface area is 173 Å². The van der Waals surface area contributed by atoms with E-state index >= 15 is 0 Å². The van der Waals surface area contributed by atoms with E-state index in [-0.39, 0.29) is 16.8 Å². The van der Waals surface area contributed by atoms with Gasteiger partial charge in [0, 0.05) is 10.5 Å². The van der Waals surface area contributed by atoms with Crippen molar-refractivity contribution in [1.82, 2.24) is 19.7 Å². The average molecular weight is 406 g/mol. The van der Waals surface area contributed by atoms with Gasteiger partial charge in [0.05, 0.1) is 5.69 Å². The number of nitrogens with two attached hydrogens (primary N) is 1. The Bertz CT molecular complexity index is 1230. The van der Waals surface area contributed by atoms with Crippen molar-refractivity contribution in [3.05, 3.63) is 64.4 Å². The number of nitrogen functional groups attached to an aromatic ring is 1. The molecular formula is C22H23N5OS. The van der Waals surface area contributed by atoms with E-state index in [4.69, 9.17) is 5.73 Å². The lowest BCUT2D eigenvalue weighted by Gasteiger charge is -2.20. The van der Waals surface area contributed by atoms with Gasteiger partial charge in [-0.05, 0) is 41.5 Å². The predicted molar refractivity (Wildman–Crippen MR) is 120 cm³/mol. The van der Waals surface area contributed by atoms with Gasteiger partial charge >= 0.3 is 0 Å². The quantitative estimate of drug-likeness (QED) is 0.494. The van der Waals surface area contributed by atoms with E-state index in [1.807, 2.05) is 54.8 Å². The van der Waals surface area contributed by atoms with E-state index in [1.165, 1.54) is 5.56 Å². The van der Waals surface area contributed by atoms with Crippen molar-refractivity contribution >= 4 is 28.6 Å². The molecule has 2 aromatic carbocycles. The van der Waals surface area contributed by atoms with E-state index in [1.54, 1.807) is 16.3 Å². The van der Waals surface area contributed by atoms with Gasteiger partial charge in [0.25, 0.3) is 5.56 Å². The summed E-state index contributed by atoms with van der Waals surface area (Å²) in [6.07, 6.45) is 2.03. The lowest BCUT2D eigenvalue weighted by atomic mass is 9.87. The molecule has 6 nitrogen and oxygen atoms in total. The second kappa shape index (κ2) is 7.08. The number of hydrogen-bond donors (Lipinski definition) is 2. The highest BCUT2D eigenvalue weighted by Gasteiger charge is 2.19. The second-order valence-corrected chi connectivity index (χ2v) is 8.82. The van der Waals surface area contributed by atoms with Crippen LogP contribution in [0.3, 0.4) is 0 Å². The molecule has 0 saturated heterocycles. The van der Waals surface area contributed by atoms with Crippen molar-refractivity contribution in [2.45, 2.75) is 31.1 Å². The van der Waals surface area contributed by atoms with E-state index in [0.717, 1.165) is 16.1 Å². The summed E-state index contributed by atoms with van der Waals surface area (Å²) >= 11 is 1.66. The van der Waals surface area contributed by atoms with Gasteiger partial charge in [-0.25, -0.2) is 4.98 Å². The summed E-state index contributed by atoms with van der Waals surface area (Å²) in [5.41, 5.74) is 8.83. The molecule has 0 amide bonds. The zero-order valence-electron chi connectivity index (χ0n) is 16.9. The number of rotatable bonds is 3. The van der Waals surface area contributed by atoms with Crippen molar-refractivity contribution in [2.75, 3.05) is 12.0 Å². The van der Waals surface area contributed by atoms with Gasteiger partial charge in [0.1, 0.15) is 17.0 Å². The van der Waals surface area contributed by atoms with E-state index < -0.39 is 0 Å². The van der Waals surface area contributed by atoms with E-state index in [2.05, 4.69) is 36.0 Å². The fourth-order valence-corrected chi connectivity index (χ4v) is 3.69. The first kappa shape index (κ1) is 19.3. The maximum Gasteiger partial charge on any atom is 0.271 e. The molecule has 0 fully saturated rings. The molecule has 0 aliphatic heterocycles. The second-order valence-electron chi connectivity index (χ2n) is 7.94. The minimum atomic E-state index is -0.242. The normalized spacial score (nSPS) is 11.9. The van der Waals surface area contributed by atoms with Crippen LogP contribution in [0.15, 0.2) is 58.2 Å². The van der Waals surface area contributed by atoms with Crippen molar-refractivity contribution in [3.63, 3.8) is 0 Å². The Morgan fingerprint density at radius 3 is 2.28 bits per heavy atom. The number of fused-ring (bicyclic) bond motifs is 1. The Morgan fingerprint density at radius 2 is 1.69 bits per heavy atom. The highest BCUT2D eigenvalue weighted by Crippen LogP contribution is 2.27. The molecule has 0 bridgehead atoms. The van der Waals surface area contributed by atoms with Crippen LogP contribution in [0.5, 0.6) is 0 Å². The molecular weight excluding hydrogens is 382 g/mol. The molecule has 0 unspecified atom stereocenters. The third kappa shape index (κ3) is 3.42. The Kier molecular flexibility index (Phi) is 4.70. The standard InChI is InChI=1S/C22H23N5OS/c1-22(2,3)14-7-9-15(10-8-14)27-20(13-5-11-16(29-4)12-6-13)24-19-17(21(27)28)18(23)25-26-19/h5-12H,1-4H3,(H3,23,25,26). The molecule has 0 radical (unpaired) electrons. The van der Waals surface area contributed by atoms with Crippen molar-refractivity contribution in [2.24, 2.45) is 0 Å². The molecule has 4 rings (SSSR count). The van der Waals surface area contributed by atoms with Crippen LogP contribution < -0.4 is 11.3 Å². The molecule has 0 spiro atoms. The van der Waals surface area contributed by atoms with Crippen LogP contribution in [-0.2, 0) is 5.41 Å². The summed E-state index contributed by atoms with van der Waals surface area (Å²) in [5.74, 6) is 0.756. The van der Waals surface area contributed by atoms with Gasteiger partial charge in [0.2, 0.25) is 0 Å². The number of nitrogens with zero attached hydrogens (tertiary/aromatic N) is 3. The predicted octanol–water partition coefficient (Wildman–Crippen LogP) is 4.38. The molecule has 148 valence electrons. The number of H-pyrrole nitrogens is 1. The average Bonchev–Trinajstić information content (AvgIpc) is 3.08. The molecule has 2 aromatic heterocycles. The minimum absolute atomic E-state index is 0.0250. The van der Waals surface area contributed by atoms with Crippen molar-refractivity contribution < 1.29 is 0 Å². The molecule has 0 aliphatic rings. The highest BCUT2D eigenvalue weighted by molar-refractivity contribution is 7.98. The topological polar surface area (TPSA) is 89.6 Å². The fourth-order valence-electron chi connectivity index (χ4n) is 3.28. The molecule has 29 heavy (non-hydrogen) atoms. The van der Waals surface area contributed by atoms with Crippen LogP contribution in [0.4, 0.5) is 5.82 Å². The number of hydrogen-bond acceptors (Lipinski definition) is 5. The molecule has 3 N–H and O–H groups in total. The molecule has 0 atom stereocenters. The summed E-state index contributed by atoms with van der Waals surface area (Å²) in [7, 11) is 0. The fraction of sp³-hybridized carbons (Fsp3) is 0.227. The van der Waals surface area contributed by atoms with Crippen LogP contribution in [0.1, 0.15) is 26.3 Å². The summed E-state index contributed by atoms with van der Waals surface area (Å²) in [6.45, 7) is 6.48. The van der Waals surface area contributed by atoms with Gasteiger partial charge < -0.3 is 5.73 Å². The number of aromatic amines is 1. The zero-order valence-corrected chi connectivity index (χ0v) is 17.7. The van der Waals surface area contributed by atoms with Gasteiger partial charge in [-0.15, -0.1) is 11.8 Å². The number of nitrogens with one attached hydrogen (secondary N) is 1. The van der Waals surface area contributed by atoms with Gasteiger partial charge in [-0.1, -0.05) is 45.0 Å². The Morgan fingerprint density at radius 1 is 1.03 bits per heavy atom. The first-order valence-corrected chi connectivity index (χ1v) is 10.5. The number of benzene rings is 2. The van der Waals surface area contributed by atoms with Crippen molar-refractivity contribution in [3.8, 4) is 17.1 Å². The zero-order chi connectivity index (χ0) is 20.8. The summed E-state index contributed by atoms with van der Waals surface area (Å²) in [4.78, 5) is 19.2. The third-order valence-electron chi connectivity index (χ3n) is 4.96. The van der Waals surface area contributed by atoms with Gasteiger partial charge in [-0.2, -0.15) is 5.10 Å². The molecule has 0 saturated carbocycles. The maximum absolute atomic E-state index is 13.4. The van der Waals surface area contributed by atoms with E-state index in [0.29, 0.717) is 16.9 Å². The largest absolute Gasteiger partial charge is 0.383 e. The highest BCUT2D eigenvalue weighted by atomic mass is 32.2. The first-order valence-electron chi connectivity index (χ1n) is 9.31. The minimum Gasteiger partial charge on any atom is -0.383 e. The van der Waals surface area contributed by atoms with Crippen LogP contribution in [0.25, 0.3) is 28.1 Å². The number of thioether (sulfide) groups is 1. The first-order chi connectivity index (χ1) is 13.8. The lowest BCUT2D eigenvalue weighted by molar-refractivity contribution is 0.590. The van der Waals surface area contributed by atoms with E-state index in [9.17, 15) is 4.79 Å². The monoisotopic (exact) mass is 405 g/mol. The Hall–Kier alpha value is -3.06. The van der Waals surface area contributed by atoms with Crippen LogP contribution >= 0.6 is 11.8 Å². The molecule has 7 heteroatoms. The Balaban J connectivity index is 1.98. The smallest absolute Gasteiger partial charge is 0.271 e.